The quantitative estimate of drug-likeness (QED) is 0.227. The Bertz CT molecular complexity index is 1590. The fourth-order valence-electron chi connectivity index (χ4n) is 3.91. The Morgan fingerprint density at radius 2 is 1.59 bits per heavy atom. The van der Waals surface area contributed by atoms with Crippen molar-refractivity contribution in [1.29, 1.82) is 0 Å². The van der Waals surface area contributed by atoms with E-state index in [9.17, 15) is 26.3 Å². The number of benzene rings is 2. The van der Waals surface area contributed by atoms with Crippen molar-refractivity contribution in [3.05, 3.63) is 82.1 Å². The first-order chi connectivity index (χ1) is 17.4. The van der Waals surface area contributed by atoms with E-state index in [0.717, 1.165) is 0 Å². The van der Waals surface area contributed by atoms with E-state index in [0.29, 0.717) is 50.8 Å². The van der Waals surface area contributed by atoms with Crippen LogP contribution in [-0.4, -0.2) is 25.1 Å². The number of fused-ring (bicyclic) bond motifs is 1. The van der Waals surface area contributed by atoms with Crippen LogP contribution >= 0.6 is 11.6 Å². The predicted molar refractivity (Wildman–Crippen MR) is 122 cm³/mol. The maximum Gasteiger partial charge on any atom is 0.416 e. The van der Waals surface area contributed by atoms with Gasteiger partial charge in [0.2, 0.25) is 0 Å². The van der Waals surface area contributed by atoms with E-state index < -0.39 is 23.5 Å². The summed E-state index contributed by atoms with van der Waals surface area (Å²) >= 11 is 6.33. The van der Waals surface area contributed by atoms with Crippen molar-refractivity contribution in [2.45, 2.75) is 25.8 Å². The molecule has 13 heteroatoms. The van der Waals surface area contributed by atoms with Gasteiger partial charge in [-0.3, -0.25) is 4.98 Å². The molecule has 0 aliphatic heterocycles. The van der Waals surface area contributed by atoms with E-state index in [2.05, 4.69) is 20.5 Å². The van der Waals surface area contributed by atoms with Crippen LogP contribution in [0.15, 0.2) is 59.3 Å². The zero-order valence-corrected chi connectivity index (χ0v) is 19.4. The van der Waals surface area contributed by atoms with Crippen LogP contribution in [0.3, 0.4) is 0 Å². The van der Waals surface area contributed by atoms with Gasteiger partial charge in [-0.05, 0) is 48.9 Å². The standard InChI is InChI=1S/C24H14ClF6N5O/c1-12-20(21-19-18(6-7-32-21)34-37-22(19)16-4-2-3-5-17(16)25)33-35-36(12)11-13-8-14(23(26,27)28)10-15(9-13)24(29,30)31/h2-10H,11H2,1H3. The molecule has 0 radical (unpaired) electrons. The van der Waals surface area contributed by atoms with E-state index >= 15 is 0 Å². The summed E-state index contributed by atoms with van der Waals surface area (Å²) < 4.78 is 86.4. The summed E-state index contributed by atoms with van der Waals surface area (Å²) in [6, 6.07) is 9.92. The molecule has 0 N–H and O–H groups in total. The molecule has 0 unspecified atom stereocenters. The van der Waals surface area contributed by atoms with Gasteiger partial charge in [-0.1, -0.05) is 34.1 Å². The first kappa shape index (κ1) is 24.8. The SMILES string of the molecule is Cc1c(-c2nccc3noc(-c4ccccc4Cl)c23)nnn1Cc1cc(C(F)(F)F)cc(C(F)(F)F)c1. The Morgan fingerprint density at radius 1 is 0.919 bits per heavy atom. The number of pyridine rings is 1. The highest BCUT2D eigenvalue weighted by Gasteiger charge is 2.37. The smallest absolute Gasteiger partial charge is 0.355 e. The van der Waals surface area contributed by atoms with Crippen molar-refractivity contribution in [2.75, 3.05) is 0 Å². The van der Waals surface area contributed by atoms with E-state index in [4.69, 9.17) is 16.1 Å². The van der Waals surface area contributed by atoms with Gasteiger partial charge in [0.1, 0.15) is 16.9 Å². The number of nitrogens with zero attached hydrogens (tertiary/aromatic N) is 5. The van der Waals surface area contributed by atoms with E-state index in [1.165, 1.54) is 10.9 Å². The number of hydrogen-bond acceptors (Lipinski definition) is 5. The van der Waals surface area contributed by atoms with Crippen LogP contribution in [0, 0.1) is 6.92 Å². The lowest BCUT2D eigenvalue weighted by Gasteiger charge is -2.14. The van der Waals surface area contributed by atoms with Crippen molar-refractivity contribution < 1.29 is 30.9 Å². The van der Waals surface area contributed by atoms with Crippen LogP contribution < -0.4 is 0 Å². The minimum Gasteiger partial charge on any atom is -0.355 e. The fourth-order valence-corrected chi connectivity index (χ4v) is 4.14. The van der Waals surface area contributed by atoms with Gasteiger partial charge in [-0.15, -0.1) is 5.10 Å². The minimum atomic E-state index is -4.96. The first-order valence-corrected chi connectivity index (χ1v) is 11.0. The van der Waals surface area contributed by atoms with Gasteiger partial charge < -0.3 is 4.52 Å². The van der Waals surface area contributed by atoms with Gasteiger partial charge in [-0.25, -0.2) is 4.68 Å². The minimum absolute atomic E-state index is 0.0793. The first-order valence-electron chi connectivity index (χ1n) is 10.6. The molecule has 0 aliphatic rings. The highest BCUT2D eigenvalue weighted by Crippen LogP contribution is 2.39. The predicted octanol–water partition coefficient (Wildman–Crippen LogP) is 7.20. The van der Waals surface area contributed by atoms with Gasteiger partial charge in [0.05, 0.1) is 33.8 Å². The molecule has 0 aliphatic carbocycles. The van der Waals surface area contributed by atoms with Gasteiger partial charge in [0.15, 0.2) is 5.76 Å². The Balaban J connectivity index is 1.59. The normalized spacial score (nSPS) is 12.4. The van der Waals surface area contributed by atoms with Crippen molar-refractivity contribution in [2.24, 2.45) is 0 Å². The molecule has 0 saturated carbocycles. The highest BCUT2D eigenvalue weighted by atomic mass is 35.5. The highest BCUT2D eigenvalue weighted by molar-refractivity contribution is 6.33. The molecule has 3 aromatic heterocycles. The van der Waals surface area contributed by atoms with E-state index in [-0.39, 0.29) is 23.9 Å². The molecule has 37 heavy (non-hydrogen) atoms. The van der Waals surface area contributed by atoms with Crippen LogP contribution in [0.4, 0.5) is 26.3 Å². The monoisotopic (exact) mass is 537 g/mol. The average molecular weight is 538 g/mol. The van der Waals surface area contributed by atoms with Gasteiger partial charge in [0, 0.05) is 11.8 Å². The molecule has 0 atom stereocenters. The molecule has 3 heterocycles. The second-order valence-corrected chi connectivity index (χ2v) is 8.55. The summed E-state index contributed by atoms with van der Waals surface area (Å²) in [6.07, 6.45) is -8.44. The summed E-state index contributed by atoms with van der Waals surface area (Å²) in [7, 11) is 0. The lowest BCUT2D eigenvalue weighted by Crippen LogP contribution is -2.13. The Morgan fingerprint density at radius 3 is 2.24 bits per heavy atom. The maximum atomic E-state index is 13.3. The van der Waals surface area contributed by atoms with Crippen LogP contribution in [0.5, 0.6) is 0 Å². The second kappa shape index (κ2) is 8.87. The molecular formula is C24H14ClF6N5O. The largest absolute Gasteiger partial charge is 0.416 e. The molecule has 5 rings (SSSR count). The Labute approximate surface area is 209 Å². The van der Waals surface area contributed by atoms with Gasteiger partial charge >= 0.3 is 12.4 Å². The lowest BCUT2D eigenvalue weighted by atomic mass is 10.0. The third-order valence-corrected chi connectivity index (χ3v) is 6.03. The van der Waals surface area contributed by atoms with Crippen LogP contribution in [-0.2, 0) is 18.9 Å². The number of halogens is 7. The number of rotatable bonds is 4. The molecule has 0 amide bonds. The van der Waals surface area contributed by atoms with Crippen LogP contribution in [0.2, 0.25) is 5.02 Å². The molecule has 5 aromatic rings. The summed E-state index contributed by atoms with van der Waals surface area (Å²) in [5.74, 6) is 0.324. The van der Waals surface area contributed by atoms with Gasteiger partial charge in [0.25, 0.3) is 0 Å². The lowest BCUT2D eigenvalue weighted by molar-refractivity contribution is -0.143. The average Bonchev–Trinajstić information content (AvgIpc) is 3.42. The van der Waals surface area contributed by atoms with E-state index in [1.54, 1.807) is 37.3 Å². The molecule has 0 spiro atoms. The summed E-state index contributed by atoms with van der Waals surface area (Å²) in [5, 5.41) is 13.0. The fraction of sp³-hybridized carbons (Fsp3) is 0.167. The summed E-state index contributed by atoms with van der Waals surface area (Å²) in [5.41, 5.74) is -1.13. The number of alkyl halides is 6. The molecule has 0 fully saturated rings. The zero-order chi connectivity index (χ0) is 26.5. The maximum absolute atomic E-state index is 13.3. The molecule has 0 bridgehead atoms. The third kappa shape index (κ3) is 4.64. The van der Waals surface area contributed by atoms with Gasteiger partial charge in [-0.2, -0.15) is 26.3 Å². The van der Waals surface area contributed by atoms with Crippen molar-refractivity contribution in [1.82, 2.24) is 25.1 Å². The molecule has 2 aromatic carbocycles. The van der Waals surface area contributed by atoms with Crippen molar-refractivity contribution >= 4 is 22.5 Å². The van der Waals surface area contributed by atoms with Crippen molar-refractivity contribution in [3.8, 4) is 22.7 Å². The summed E-state index contributed by atoms with van der Waals surface area (Å²) in [4.78, 5) is 4.38. The molecular weight excluding hydrogens is 524 g/mol. The molecule has 190 valence electrons. The Kier molecular flexibility index (Phi) is 5.94. The topological polar surface area (TPSA) is 69.6 Å². The second-order valence-electron chi connectivity index (χ2n) is 8.14. The van der Waals surface area contributed by atoms with Crippen molar-refractivity contribution in [3.63, 3.8) is 0 Å². The van der Waals surface area contributed by atoms with Crippen LogP contribution in [0.25, 0.3) is 33.6 Å². The molecule has 6 nitrogen and oxygen atoms in total. The van der Waals surface area contributed by atoms with Crippen LogP contribution in [0.1, 0.15) is 22.4 Å². The zero-order valence-electron chi connectivity index (χ0n) is 18.7. The third-order valence-electron chi connectivity index (χ3n) is 5.70. The number of aromatic nitrogens is 5. The Hall–Kier alpha value is -3.93. The van der Waals surface area contributed by atoms with E-state index in [1.807, 2.05) is 0 Å². The number of hydrogen-bond donors (Lipinski definition) is 0. The molecule has 0 saturated heterocycles. The summed E-state index contributed by atoms with van der Waals surface area (Å²) in [6.45, 7) is 1.19.